The Morgan fingerprint density at radius 3 is 3.00 bits per heavy atom. The van der Waals surface area contributed by atoms with E-state index in [2.05, 4.69) is 9.88 Å². The molecule has 0 atom stereocenters. The third kappa shape index (κ3) is 1.53. The van der Waals surface area contributed by atoms with Gasteiger partial charge in [0.1, 0.15) is 5.82 Å². The van der Waals surface area contributed by atoms with Gasteiger partial charge in [-0.15, -0.1) is 0 Å². The minimum absolute atomic E-state index is 0.283. The van der Waals surface area contributed by atoms with E-state index in [4.69, 9.17) is 11.1 Å². The molecule has 3 N–H and O–H groups in total. The molecule has 2 rings (SSSR count). The van der Waals surface area contributed by atoms with Gasteiger partial charge in [0.2, 0.25) is 0 Å². The van der Waals surface area contributed by atoms with Gasteiger partial charge in [-0.2, -0.15) is 0 Å². The lowest BCUT2D eigenvalue weighted by atomic mass is 10.1. The third-order valence-electron chi connectivity index (χ3n) is 2.17. The number of hydrogen-bond acceptors (Lipinski definition) is 4. The number of rotatable bonds is 2. The van der Waals surface area contributed by atoms with E-state index >= 15 is 0 Å². The van der Waals surface area contributed by atoms with Gasteiger partial charge in [-0.1, -0.05) is 0 Å². The van der Waals surface area contributed by atoms with Gasteiger partial charge in [-0.25, -0.2) is 4.98 Å². The van der Waals surface area contributed by atoms with Crippen molar-refractivity contribution in [3.63, 3.8) is 0 Å². The maximum atomic E-state index is 7.10. The molecule has 1 saturated heterocycles. The van der Waals surface area contributed by atoms with Crippen LogP contribution in [0.2, 0.25) is 0 Å². The number of hydrogen-bond donors (Lipinski definition) is 2. The molecule has 68 valence electrons. The predicted octanol–water partition coefficient (Wildman–Crippen LogP) is 0.227. The fourth-order valence-electron chi connectivity index (χ4n) is 1.40. The minimum atomic E-state index is 0.283. The fourth-order valence-corrected chi connectivity index (χ4v) is 1.40. The zero-order chi connectivity index (χ0) is 9.26. The van der Waals surface area contributed by atoms with Crippen LogP contribution in [0.1, 0.15) is 5.56 Å². The number of nitrogens with zero attached hydrogens (tertiary/aromatic N) is 2. The maximum absolute atomic E-state index is 7.10. The lowest BCUT2D eigenvalue weighted by molar-refractivity contribution is 0.514. The van der Waals surface area contributed by atoms with E-state index in [9.17, 15) is 0 Å². The van der Waals surface area contributed by atoms with Crippen molar-refractivity contribution in [2.45, 2.75) is 6.04 Å². The van der Waals surface area contributed by atoms with Crippen LogP contribution in [0.15, 0.2) is 18.3 Å². The summed E-state index contributed by atoms with van der Waals surface area (Å²) in [6.07, 6.45) is 3.05. The van der Waals surface area contributed by atoms with E-state index in [1.54, 1.807) is 6.20 Å². The van der Waals surface area contributed by atoms with Gasteiger partial charge in [-0.3, -0.25) is 0 Å². The number of aromatic nitrogens is 1. The summed E-state index contributed by atoms with van der Waals surface area (Å²) in [5.41, 5.74) is 6.54. The Morgan fingerprint density at radius 1 is 1.62 bits per heavy atom. The van der Waals surface area contributed by atoms with Crippen molar-refractivity contribution in [3.8, 4) is 0 Å². The lowest BCUT2D eigenvalue weighted by Crippen LogP contribution is -2.56. The molecule has 4 heteroatoms. The number of anilines is 1. The molecule has 0 radical (unpaired) electrons. The Hall–Kier alpha value is -1.42. The average Bonchev–Trinajstić information content (AvgIpc) is 2.13. The van der Waals surface area contributed by atoms with E-state index < -0.39 is 0 Å². The van der Waals surface area contributed by atoms with Gasteiger partial charge in [-0.05, 0) is 17.7 Å². The van der Waals surface area contributed by atoms with Gasteiger partial charge in [0, 0.05) is 31.5 Å². The van der Waals surface area contributed by atoms with Crippen LogP contribution in [-0.2, 0) is 0 Å². The zero-order valence-corrected chi connectivity index (χ0v) is 7.27. The van der Waals surface area contributed by atoms with Crippen molar-refractivity contribution >= 4 is 12.0 Å². The molecule has 0 saturated carbocycles. The van der Waals surface area contributed by atoms with Crippen molar-refractivity contribution in [2.75, 3.05) is 18.0 Å². The molecule has 0 amide bonds. The summed E-state index contributed by atoms with van der Waals surface area (Å²) in [4.78, 5) is 6.32. The van der Waals surface area contributed by atoms with Crippen LogP contribution in [0.4, 0.5) is 5.82 Å². The second-order valence-electron chi connectivity index (χ2n) is 3.26. The van der Waals surface area contributed by atoms with Gasteiger partial charge in [0.05, 0.1) is 0 Å². The highest BCUT2D eigenvalue weighted by Gasteiger charge is 2.23. The number of nitrogens with two attached hydrogens (primary N) is 1. The molecule has 0 unspecified atom stereocenters. The summed E-state index contributed by atoms with van der Waals surface area (Å²) in [7, 11) is 0. The zero-order valence-electron chi connectivity index (χ0n) is 7.27. The molecular formula is C9H12N4. The largest absolute Gasteiger partial charge is 0.353 e. The minimum Gasteiger partial charge on any atom is -0.353 e. The summed E-state index contributed by atoms with van der Waals surface area (Å²) < 4.78 is 0. The number of nitrogens with one attached hydrogen (secondary N) is 1. The summed E-state index contributed by atoms with van der Waals surface area (Å²) in [5.74, 6) is 0.919. The highest BCUT2D eigenvalue weighted by molar-refractivity contribution is 5.78. The first-order valence-electron chi connectivity index (χ1n) is 4.26. The molecule has 0 aromatic carbocycles. The highest BCUT2D eigenvalue weighted by atomic mass is 15.3. The molecule has 0 bridgehead atoms. The van der Waals surface area contributed by atoms with Gasteiger partial charge >= 0.3 is 0 Å². The fraction of sp³-hybridized carbons (Fsp3) is 0.333. The maximum Gasteiger partial charge on any atom is 0.129 e. The summed E-state index contributed by atoms with van der Waals surface area (Å²) in [6, 6.07) is 4.00. The van der Waals surface area contributed by atoms with Crippen LogP contribution in [0, 0.1) is 5.41 Å². The first-order chi connectivity index (χ1) is 6.29. The molecule has 1 aromatic heterocycles. The van der Waals surface area contributed by atoms with Crippen molar-refractivity contribution in [1.29, 1.82) is 5.41 Å². The van der Waals surface area contributed by atoms with E-state index in [1.165, 1.54) is 6.21 Å². The Labute approximate surface area is 76.9 Å². The first kappa shape index (κ1) is 8.19. The topological polar surface area (TPSA) is 66.0 Å². The Morgan fingerprint density at radius 2 is 2.38 bits per heavy atom. The lowest BCUT2D eigenvalue weighted by Gasteiger charge is -2.37. The molecule has 0 aliphatic carbocycles. The van der Waals surface area contributed by atoms with Gasteiger partial charge < -0.3 is 16.0 Å². The van der Waals surface area contributed by atoms with Crippen molar-refractivity contribution in [3.05, 3.63) is 23.9 Å². The summed E-state index contributed by atoms with van der Waals surface area (Å²) in [6.45, 7) is 1.74. The summed E-state index contributed by atoms with van der Waals surface area (Å²) >= 11 is 0. The van der Waals surface area contributed by atoms with Crippen molar-refractivity contribution < 1.29 is 0 Å². The first-order valence-corrected chi connectivity index (χ1v) is 4.26. The molecule has 4 nitrogen and oxygen atoms in total. The van der Waals surface area contributed by atoms with Gasteiger partial charge in [0.25, 0.3) is 0 Å². The van der Waals surface area contributed by atoms with Crippen LogP contribution in [0.3, 0.4) is 0 Å². The van der Waals surface area contributed by atoms with Gasteiger partial charge in [0.15, 0.2) is 0 Å². The van der Waals surface area contributed by atoms with E-state index in [-0.39, 0.29) is 6.04 Å². The monoisotopic (exact) mass is 176 g/mol. The van der Waals surface area contributed by atoms with Crippen LogP contribution in [-0.4, -0.2) is 30.3 Å². The van der Waals surface area contributed by atoms with Crippen LogP contribution in [0.5, 0.6) is 0 Å². The molecule has 2 heterocycles. The predicted molar refractivity (Wildman–Crippen MR) is 52.3 cm³/mol. The normalized spacial score (nSPS) is 16.8. The molecule has 13 heavy (non-hydrogen) atoms. The molecule has 1 aromatic rings. The second kappa shape index (κ2) is 3.14. The SMILES string of the molecule is N=Cc1ccnc(N2CC(N)C2)c1. The Kier molecular flexibility index (Phi) is 1.98. The molecular weight excluding hydrogens is 164 g/mol. The van der Waals surface area contributed by atoms with Crippen molar-refractivity contribution in [1.82, 2.24) is 4.98 Å². The van der Waals surface area contributed by atoms with Crippen LogP contribution in [0.25, 0.3) is 0 Å². The van der Waals surface area contributed by atoms with Crippen LogP contribution < -0.4 is 10.6 Å². The molecule has 1 aliphatic heterocycles. The van der Waals surface area contributed by atoms with E-state index in [0.29, 0.717) is 0 Å². The standard InChI is InChI=1S/C9H12N4/c10-4-7-1-2-12-9(3-7)13-5-8(11)6-13/h1-4,8,10H,5-6,11H2. The van der Waals surface area contributed by atoms with Crippen LogP contribution >= 0.6 is 0 Å². The molecule has 1 fully saturated rings. The average molecular weight is 176 g/mol. The summed E-state index contributed by atoms with van der Waals surface area (Å²) in [5, 5.41) is 7.10. The Balaban J connectivity index is 2.16. The van der Waals surface area contributed by atoms with Crippen molar-refractivity contribution in [2.24, 2.45) is 5.73 Å². The highest BCUT2D eigenvalue weighted by Crippen LogP contribution is 2.17. The van der Waals surface area contributed by atoms with E-state index in [0.717, 1.165) is 24.5 Å². The number of pyridine rings is 1. The third-order valence-corrected chi connectivity index (χ3v) is 2.17. The quantitative estimate of drug-likeness (QED) is 0.634. The Bertz CT molecular complexity index is 317. The smallest absolute Gasteiger partial charge is 0.129 e. The second-order valence-corrected chi connectivity index (χ2v) is 3.26. The van der Waals surface area contributed by atoms with E-state index in [1.807, 2.05) is 12.1 Å². The molecule has 1 aliphatic rings. The molecule has 0 spiro atoms.